The van der Waals surface area contributed by atoms with Crippen LogP contribution >= 0.6 is 0 Å². The van der Waals surface area contributed by atoms with E-state index in [0.717, 1.165) is 5.56 Å². The van der Waals surface area contributed by atoms with Crippen molar-refractivity contribution in [1.29, 1.82) is 0 Å². The molecule has 33 heavy (non-hydrogen) atoms. The minimum absolute atomic E-state index is 0.133. The van der Waals surface area contributed by atoms with Crippen LogP contribution in [0.4, 0.5) is 14.9 Å². The summed E-state index contributed by atoms with van der Waals surface area (Å²) in [6.45, 7) is 0.149. The van der Waals surface area contributed by atoms with Gasteiger partial charge in [0.25, 0.3) is 0 Å². The van der Waals surface area contributed by atoms with Gasteiger partial charge in [-0.25, -0.2) is 9.18 Å². The highest BCUT2D eigenvalue weighted by Crippen LogP contribution is 2.34. The average Bonchev–Trinajstić information content (AvgIpc) is 3.27. The molecule has 2 aromatic rings. The largest absolute Gasteiger partial charge is 0.454 e. The molecule has 2 aromatic carbocycles. The van der Waals surface area contributed by atoms with Crippen LogP contribution in [0.1, 0.15) is 24.8 Å². The molecule has 1 fully saturated rings. The highest BCUT2D eigenvalue weighted by atomic mass is 19.1. The number of hydrogen-bond acceptors (Lipinski definition) is 6. The van der Waals surface area contributed by atoms with Crippen LogP contribution in [-0.2, 0) is 16.1 Å². The fourth-order valence-electron chi connectivity index (χ4n) is 3.84. The van der Waals surface area contributed by atoms with Crippen molar-refractivity contribution in [3.63, 3.8) is 0 Å². The summed E-state index contributed by atoms with van der Waals surface area (Å²) in [7, 11) is 0. The second-order valence-corrected chi connectivity index (χ2v) is 7.94. The van der Waals surface area contributed by atoms with Gasteiger partial charge in [-0.05, 0) is 42.7 Å². The third-order valence-corrected chi connectivity index (χ3v) is 5.56. The summed E-state index contributed by atoms with van der Waals surface area (Å²) in [6.07, 6.45) is 0.236. The van der Waals surface area contributed by atoms with E-state index in [4.69, 9.17) is 14.2 Å². The van der Waals surface area contributed by atoms with Crippen LogP contribution < -0.4 is 25.4 Å². The van der Waals surface area contributed by atoms with Crippen molar-refractivity contribution >= 4 is 17.6 Å². The van der Waals surface area contributed by atoms with Crippen molar-refractivity contribution in [3.8, 4) is 11.5 Å². The molecule has 10 heteroatoms. The zero-order valence-electron chi connectivity index (χ0n) is 17.9. The molecule has 4 rings (SSSR count). The van der Waals surface area contributed by atoms with E-state index in [9.17, 15) is 19.1 Å². The molecule has 176 valence electrons. The van der Waals surface area contributed by atoms with Gasteiger partial charge in [-0.3, -0.25) is 4.79 Å². The first kappa shape index (κ1) is 22.8. The summed E-state index contributed by atoms with van der Waals surface area (Å²) < 4.78 is 29.4. The van der Waals surface area contributed by atoms with Crippen molar-refractivity contribution in [1.82, 2.24) is 10.6 Å². The topological polar surface area (TPSA) is 118 Å². The van der Waals surface area contributed by atoms with Crippen LogP contribution in [0.15, 0.2) is 42.5 Å². The summed E-state index contributed by atoms with van der Waals surface area (Å²) in [5.41, 5.74) is 1.34. The fraction of sp³-hybridized carbons (Fsp3) is 0.391. The number of urea groups is 1. The second-order valence-electron chi connectivity index (χ2n) is 7.94. The number of halogens is 1. The Morgan fingerprint density at radius 1 is 1.06 bits per heavy atom. The standard InChI is InChI=1S/C23H26FN3O6/c24-15-3-1-14(2-4-15)11-25-22(29)10-17-6-7-18(21(12-28)33-17)27-23(30)26-16-5-8-19-20(9-16)32-13-31-19/h1-5,8-9,17-18,21,28H,6-7,10-13H2,(H,25,29)(H2,26,27,30)/t17-,18+,21-/m0/s1. The first-order valence-corrected chi connectivity index (χ1v) is 10.7. The van der Waals surface area contributed by atoms with Crippen molar-refractivity contribution in [2.45, 2.75) is 44.1 Å². The van der Waals surface area contributed by atoms with Crippen molar-refractivity contribution in [2.75, 3.05) is 18.7 Å². The Hall–Kier alpha value is -3.37. The third kappa shape index (κ3) is 6.11. The Morgan fingerprint density at radius 3 is 2.64 bits per heavy atom. The number of benzene rings is 2. The van der Waals surface area contributed by atoms with Gasteiger partial charge in [-0.2, -0.15) is 0 Å². The van der Waals surface area contributed by atoms with Gasteiger partial charge in [0.1, 0.15) is 11.9 Å². The Bertz CT molecular complexity index is 987. The molecule has 0 radical (unpaired) electrons. The van der Waals surface area contributed by atoms with Gasteiger partial charge in [-0.15, -0.1) is 0 Å². The maximum atomic E-state index is 13.0. The average molecular weight is 459 g/mol. The molecule has 0 unspecified atom stereocenters. The van der Waals surface area contributed by atoms with Gasteiger partial charge < -0.3 is 35.3 Å². The molecule has 0 spiro atoms. The molecule has 3 amide bonds. The number of rotatable bonds is 7. The third-order valence-electron chi connectivity index (χ3n) is 5.56. The number of aliphatic hydroxyl groups excluding tert-OH is 1. The summed E-state index contributed by atoms with van der Waals surface area (Å²) in [5.74, 6) is 0.647. The summed E-state index contributed by atoms with van der Waals surface area (Å²) in [5, 5.41) is 18.1. The predicted octanol–water partition coefficient (Wildman–Crippen LogP) is 2.29. The number of carbonyl (C=O) groups excluding carboxylic acids is 2. The lowest BCUT2D eigenvalue weighted by Gasteiger charge is -2.35. The van der Waals surface area contributed by atoms with Crippen LogP contribution in [0, 0.1) is 5.82 Å². The maximum absolute atomic E-state index is 13.0. The summed E-state index contributed by atoms with van der Waals surface area (Å²) in [4.78, 5) is 24.7. The Kier molecular flexibility index (Phi) is 7.26. The first-order chi connectivity index (χ1) is 16.0. The van der Waals surface area contributed by atoms with E-state index < -0.39 is 18.2 Å². The molecule has 2 aliphatic heterocycles. The minimum Gasteiger partial charge on any atom is -0.454 e. The summed E-state index contributed by atoms with van der Waals surface area (Å²) in [6, 6.07) is 10.2. The SMILES string of the molecule is O=C(C[C@@H]1CC[C@@H](NC(=O)Nc2ccc3c(c2)OCO3)[C@H](CO)O1)NCc1ccc(F)cc1. The van der Waals surface area contributed by atoms with Crippen molar-refractivity contribution in [2.24, 2.45) is 0 Å². The maximum Gasteiger partial charge on any atom is 0.319 e. The number of carbonyl (C=O) groups is 2. The molecular formula is C23H26FN3O6. The lowest BCUT2D eigenvalue weighted by Crippen LogP contribution is -2.52. The van der Waals surface area contributed by atoms with Crippen molar-refractivity contribution in [3.05, 3.63) is 53.8 Å². The van der Waals surface area contributed by atoms with E-state index in [1.165, 1.54) is 12.1 Å². The number of fused-ring (bicyclic) bond motifs is 1. The zero-order chi connectivity index (χ0) is 23.2. The smallest absolute Gasteiger partial charge is 0.319 e. The molecule has 1 saturated heterocycles. The van der Waals surface area contributed by atoms with E-state index >= 15 is 0 Å². The van der Waals surface area contributed by atoms with Gasteiger partial charge in [-0.1, -0.05) is 12.1 Å². The van der Waals surface area contributed by atoms with E-state index in [0.29, 0.717) is 36.6 Å². The summed E-state index contributed by atoms with van der Waals surface area (Å²) >= 11 is 0. The van der Waals surface area contributed by atoms with Crippen LogP contribution in [0.25, 0.3) is 0 Å². The van der Waals surface area contributed by atoms with E-state index in [-0.39, 0.29) is 37.6 Å². The molecule has 3 atom stereocenters. The van der Waals surface area contributed by atoms with Crippen LogP contribution in [-0.4, -0.2) is 48.7 Å². The molecule has 0 saturated carbocycles. The van der Waals surface area contributed by atoms with Gasteiger partial charge in [0.05, 0.1) is 25.2 Å². The van der Waals surface area contributed by atoms with Crippen LogP contribution in [0.5, 0.6) is 11.5 Å². The molecule has 4 N–H and O–H groups in total. The van der Waals surface area contributed by atoms with Gasteiger partial charge in [0.2, 0.25) is 12.7 Å². The van der Waals surface area contributed by atoms with E-state index in [1.54, 1.807) is 30.3 Å². The quantitative estimate of drug-likeness (QED) is 0.505. The Morgan fingerprint density at radius 2 is 1.85 bits per heavy atom. The van der Waals surface area contributed by atoms with Crippen molar-refractivity contribution < 1.29 is 33.3 Å². The fourth-order valence-corrected chi connectivity index (χ4v) is 3.84. The first-order valence-electron chi connectivity index (χ1n) is 10.7. The number of ether oxygens (including phenoxy) is 3. The Labute approximate surface area is 190 Å². The number of amides is 3. The normalized spacial score (nSPS) is 21.3. The second kappa shape index (κ2) is 10.5. The number of nitrogens with one attached hydrogen (secondary N) is 3. The predicted molar refractivity (Wildman–Crippen MR) is 116 cm³/mol. The lowest BCUT2D eigenvalue weighted by molar-refractivity contribution is -0.130. The molecule has 0 bridgehead atoms. The van der Waals surface area contributed by atoms with Gasteiger partial charge in [0.15, 0.2) is 11.5 Å². The van der Waals surface area contributed by atoms with E-state index in [1.807, 2.05) is 0 Å². The molecule has 0 aliphatic carbocycles. The molecule has 9 nitrogen and oxygen atoms in total. The molecular weight excluding hydrogens is 433 g/mol. The zero-order valence-corrected chi connectivity index (χ0v) is 17.9. The molecule has 2 heterocycles. The van der Waals surface area contributed by atoms with Gasteiger partial charge in [0, 0.05) is 18.3 Å². The number of aliphatic hydroxyl groups is 1. The Balaban J connectivity index is 1.22. The highest BCUT2D eigenvalue weighted by molar-refractivity contribution is 5.90. The van der Waals surface area contributed by atoms with Crippen LogP contribution in [0.3, 0.4) is 0 Å². The molecule has 0 aromatic heterocycles. The van der Waals surface area contributed by atoms with Gasteiger partial charge >= 0.3 is 6.03 Å². The minimum atomic E-state index is -0.629. The van der Waals surface area contributed by atoms with E-state index in [2.05, 4.69) is 16.0 Å². The monoisotopic (exact) mass is 459 g/mol. The number of hydrogen-bond donors (Lipinski definition) is 4. The highest BCUT2D eigenvalue weighted by Gasteiger charge is 2.33. The van der Waals surface area contributed by atoms with Crippen LogP contribution in [0.2, 0.25) is 0 Å². The number of anilines is 1. The molecule has 2 aliphatic rings. The lowest BCUT2D eigenvalue weighted by atomic mass is 9.97.